The van der Waals surface area contributed by atoms with Crippen LogP contribution in [-0.4, -0.2) is 23.0 Å². The topological polar surface area (TPSA) is 102 Å². The van der Waals surface area contributed by atoms with E-state index in [-0.39, 0.29) is 18.3 Å². The zero-order valence-electron chi connectivity index (χ0n) is 19.1. The number of guanidine groups is 1. The number of nitriles is 1. The quantitative estimate of drug-likeness (QED) is 0.219. The number of nitrogens with zero attached hydrogens (tertiary/aromatic N) is 3. The monoisotopic (exact) mass is 462 g/mol. The molecular weight excluding hydrogens is 436 g/mol. The molecular formula is C25H27ClN6O. The van der Waals surface area contributed by atoms with Crippen LogP contribution in [-0.2, 0) is 11.2 Å². The molecule has 170 valence electrons. The molecule has 8 heteroatoms. The van der Waals surface area contributed by atoms with Crippen LogP contribution in [0.3, 0.4) is 0 Å². The van der Waals surface area contributed by atoms with E-state index in [1.165, 1.54) is 0 Å². The molecule has 0 fully saturated rings. The molecule has 2 aromatic carbocycles. The van der Waals surface area contributed by atoms with Crippen molar-refractivity contribution in [3.8, 4) is 6.19 Å². The van der Waals surface area contributed by atoms with Gasteiger partial charge in [0.05, 0.1) is 17.6 Å². The lowest BCUT2D eigenvalue weighted by Crippen LogP contribution is -2.45. The van der Waals surface area contributed by atoms with Crippen LogP contribution in [0.25, 0.3) is 10.9 Å². The highest BCUT2D eigenvalue weighted by Crippen LogP contribution is 2.24. The van der Waals surface area contributed by atoms with Gasteiger partial charge in [-0.15, -0.1) is 0 Å². The molecule has 7 nitrogen and oxygen atoms in total. The number of aromatic nitrogens is 1. The maximum atomic E-state index is 12.7. The second-order valence-corrected chi connectivity index (χ2v) is 9.24. The Hall–Kier alpha value is -3.63. The number of rotatable bonds is 5. The van der Waals surface area contributed by atoms with Crippen LogP contribution in [0, 0.1) is 23.8 Å². The molecule has 1 amide bonds. The summed E-state index contributed by atoms with van der Waals surface area (Å²) < 4.78 is 0. The molecule has 3 N–H and O–H groups in total. The summed E-state index contributed by atoms with van der Waals surface area (Å²) in [6, 6.07) is 16.7. The van der Waals surface area contributed by atoms with Gasteiger partial charge in [-0.3, -0.25) is 15.1 Å². The Morgan fingerprint density at radius 1 is 1.15 bits per heavy atom. The minimum absolute atomic E-state index is 0.179. The number of nitrogens with one attached hydrogen (secondary N) is 3. The van der Waals surface area contributed by atoms with E-state index in [9.17, 15) is 10.1 Å². The van der Waals surface area contributed by atoms with Crippen molar-refractivity contribution in [3.05, 3.63) is 70.9 Å². The first kappa shape index (κ1) is 24.0. The molecule has 0 radical (unpaired) electrons. The molecule has 0 aliphatic heterocycles. The van der Waals surface area contributed by atoms with Crippen molar-refractivity contribution >= 4 is 40.1 Å². The van der Waals surface area contributed by atoms with E-state index >= 15 is 0 Å². The number of hydrogen-bond donors (Lipinski definition) is 3. The van der Waals surface area contributed by atoms with E-state index in [0.29, 0.717) is 5.02 Å². The van der Waals surface area contributed by atoms with E-state index in [4.69, 9.17) is 11.6 Å². The summed E-state index contributed by atoms with van der Waals surface area (Å²) in [6.07, 6.45) is 1.53. The van der Waals surface area contributed by atoms with Gasteiger partial charge in [-0.25, -0.2) is 4.99 Å². The highest BCUT2D eigenvalue weighted by atomic mass is 35.5. The van der Waals surface area contributed by atoms with Crippen LogP contribution < -0.4 is 16.0 Å². The number of amides is 1. The van der Waals surface area contributed by atoms with Crippen LogP contribution in [0.5, 0.6) is 0 Å². The standard InChI is InChI=1S/C25H27ClN6O/c1-16-8-13-19-20(29-16)6-5-7-21(19)30-24(28-15-27)32-23(25(2,3)4)31-22(33)14-17-9-11-18(26)12-10-17/h5-13,23H,14H2,1-4H3,(H,31,33)(H2,28,30,32). The van der Waals surface area contributed by atoms with Gasteiger partial charge in [0.1, 0.15) is 6.17 Å². The highest BCUT2D eigenvalue weighted by molar-refractivity contribution is 6.30. The lowest BCUT2D eigenvalue weighted by Gasteiger charge is -2.29. The summed E-state index contributed by atoms with van der Waals surface area (Å²) in [4.78, 5) is 21.9. The summed E-state index contributed by atoms with van der Waals surface area (Å²) in [6.45, 7) is 7.85. The zero-order chi connectivity index (χ0) is 24.0. The average Bonchev–Trinajstić information content (AvgIpc) is 2.74. The smallest absolute Gasteiger partial charge is 0.226 e. The van der Waals surface area contributed by atoms with Crippen LogP contribution in [0.1, 0.15) is 32.0 Å². The maximum Gasteiger partial charge on any atom is 0.226 e. The first-order chi connectivity index (χ1) is 15.7. The largest absolute Gasteiger partial charge is 0.333 e. The molecule has 1 heterocycles. The fraction of sp³-hybridized carbons (Fsp3) is 0.280. The lowest BCUT2D eigenvalue weighted by molar-refractivity contribution is -0.121. The average molecular weight is 463 g/mol. The molecule has 0 saturated carbocycles. The van der Waals surface area contributed by atoms with Gasteiger partial charge in [0.25, 0.3) is 0 Å². The van der Waals surface area contributed by atoms with Crippen molar-refractivity contribution in [2.24, 2.45) is 10.4 Å². The summed E-state index contributed by atoms with van der Waals surface area (Å²) in [5.74, 6) is 0.0550. The van der Waals surface area contributed by atoms with Crippen molar-refractivity contribution in [1.29, 1.82) is 5.26 Å². The van der Waals surface area contributed by atoms with Gasteiger partial charge >= 0.3 is 0 Å². The number of fused-ring (bicyclic) bond motifs is 1. The molecule has 0 bridgehead atoms. The second kappa shape index (κ2) is 10.3. The molecule has 1 unspecified atom stereocenters. The number of halogens is 1. The fourth-order valence-electron chi connectivity index (χ4n) is 3.20. The Morgan fingerprint density at radius 2 is 1.88 bits per heavy atom. The maximum absolute atomic E-state index is 12.7. The van der Waals surface area contributed by atoms with Crippen LogP contribution in [0.2, 0.25) is 5.02 Å². The van der Waals surface area contributed by atoms with E-state index in [0.717, 1.165) is 27.8 Å². The Kier molecular flexibility index (Phi) is 7.52. The fourth-order valence-corrected chi connectivity index (χ4v) is 3.33. The predicted octanol–water partition coefficient (Wildman–Crippen LogP) is 4.77. The first-order valence-electron chi connectivity index (χ1n) is 10.6. The molecule has 1 aromatic heterocycles. The number of anilines is 1. The number of hydrogen-bond acceptors (Lipinski definition) is 4. The van der Waals surface area contributed by atoms with Gasteiger partial charge in [0, 0.05) is 21.5 Å². The van der Waals surface area contributed by atoms with Crippen LogP contribution >= 0.6 is 11.6 Å². The number of pyridine rings is 1. The number of benzene rings is 2. The van der Waals surface area contributed by atoms with Gasteiger partial charge in [-0.2, -0.15) is 5.26 Å². The third-order valence-corrected chi connectivity index (χ3v) is 5.20. The predicted molar refractivity (Wildman–Crippen MR) is 133 cm³/mol. The number of carbonyl (C=O) groups is 1. The van der Waals surface area contributed by atoms with E-state index in [1.807, 2.05) is 76.4 Å². The molecule has 0 spiro atoms. The lowest BCUT2D eigenvalue weighted by atomic mass is 9.92. The molecule has 3 aromatic rings. The normalized spacial score (nSPS) is 12.7. The van der Waals surface area contributed by atoms with E-state index in [2.05, 4.69) is 25.9 Å². The molecule has 33 heavy (non-hydrogen) atoms. The minimum Gasteiger partial charge on any atom is -0.333 e. The number of carbonyl (C=O) groups excluding carboxylic acids is 1. The highest BCUT2D eigenvalue weighted by Gasteiger charge is 2.27. The van der Waals surface area contributed by atoms with Crippen molar-refractivity contribution in [1.82, 2.24) is 15.6 Å². The second-order valence-electron chi connectivity index (χ2n) is 8.80. The minimum atomic E-state index is -0.587. The summed E-state index contributed by atoms with van der Waals surface area (Å²) >= 11 is 5.93. The van der Waals surface area contributed by atoms with E-state index in [1.54, 1.807) is 12.1 Å². The Morgan fingerprint density at radius 3 is 2.55 bits per heavy atom. The summed E-state index contributed by atoms with van der Waals surface area (Å²) in [7, 11) is 0. The molecule has 0 saturated heterocycles. The van der Waals surface area contributed by atoms with E-state index < -0.39 is 11.6 Å². The van der Waals surface area contributed by atoms with Gasteiger partial charge in [0.15, 0.2) is 6.19 Å². The van der Waals surface area contributed by atoms with Gasteiger partial charge < -0.3 is 10.6 Å². The van der Waals surface area contributed by atoms with Gasteiger partial charge in [0.2, 0.25) is 11.9 Å². The van der Waals surface area contributed by atoms with Crippen molar-refractivity contribution in [3.63, 3.8) is 0 Å². The molecule has 0 aliphatic rings. The first-order valence-corrected chi connectivity index (χ1v) is 10.9. The molecule has 1 atom stereocenters. The van der Waals surface area contributed by atoms with Crippen LogP contribution in [0.4, 0.5) is 5.69 Å². The van der Waals surface area contributed by atoms with Gasteiger partial charge in [-0.05, 0) is 48.9 Å². The third kappa shape index (κ3) is 6.67. The molecule has 0 aliphatic carbocycles. The number of aliphatic imine (C=N–C) groups is 1. The summed E-state index contributed by atoms with van der Waals surface area (Å²) in [5.41, 5.74) is 2.94. The van der Waals surface area contributed by atoms with Crippen molar-refractivity contribution in [2.45, 2.75) is 40.3 Å². The van der Waals surface area contributed by atoms with Gasteiger partial charge in [-0.1, -0.05) is 50.6 Å². The number of aryl methyl sites for hydroxylation is 1. The SMILES string of the molecule is Cc1ccc2c(NC(=NC(NC(=O)Cc3ccc(Cl)cc3)C(C)(C)C)NC#N)cccc2n1. The van der Waals surface area contributed by atoms with Crippen molar-refractivity contribution < 1.29 is 4.79 Å². The zero-order valence-corrected chi connectivity index (χ0v) is 19.9. The molecule has 3 rings (SSSR count). The third-order valence-electron chi connectivity index (χ3n) is 4.95. The summed E-state index contributed by atoms with van der Waals surface area (Å²) in [5, 5.41) is 19.6. The Labute approximate surface area is 198 Å². The van der Waals surface area contributed by atoms with Crippen molar-refractivity contribution in [2.75, 3.05) is 5.32 Å². The Bertz CT molecular complexity index is 1210. The van der Waals surface area contributed by atoms with Crippen LogP contribution in [0.15, 0.2) is 59.6 Å². The Balaban J connectivity index is 1.85.